The van der Waals surface area contributed by atoms with Crippen molar-refractivity contribution < 1.29 is 0 Å². The Labute approximate surface area is 179 Å². The van der Waals surface area contributed by atoms with Crippen molar-refractivity contribution in [1.29, 1.82) is 0 Å². The van der Waals surface area contributed by atoms with Gasteiger partial charge >= 0.3 is 0 Å². The third-order valence-electron chi connectivity index (χ3n) is 6.50. The molecule has 0 amide bonds. The van der Waals surface area contributed by atoms with Crippen molar-refractivity contribution in [2.45, 2.75) is 25.0 Å². The Hall–Kier alpha value is -3.04. The number of benzene rings is 3. The van der Waals surface area contributed by atoms with Crippen molar-refractivity contribution in [3.63, 3.8) is 0 Å². The molecule has 0 aliphatic carbocycles. The highest BCUT2D eigenvalue weighted by Crippen LogP contribution is 2.28. The van der Waals surface area contributed by atoms with Crippen LogP contribution in [0.15, 0.2) is 97.3 Å². The molecule has 2 aliphatic heterocycles. The highest BCUT2D eigenvalue weighted by molar-refractivity contribution is 5.82. The first-order valence-electron chi connectivity index (χ1n) is 10.8. The molecule has 2 heterocycles. The third-order valence-corrected chi connectivity index (χ3v) is 6.50. The zero-order valence-electron chi connectivity index (χ0n) is 17.4. The number of nitrogens with zero attached hydrogens (tertiary/aromatic N) is 2. The number of fused-ring (bicyclic) bond motifs is 2. The Bertz CT molecular complexity index is 1070. The van der Waals surface area contributed by atoms with Crippen LogP contribution in [0.2, 0.25) is 0 Å². The minimum atomic E-state index is 0.225. The molecule has 3 nitrogen and oxygen atoms in total. The molecule has 5 rings (SSSR count). The second-order valence-electron chi connectivity index (χ2n) is 8.53. The standard InChI is InChI=1S/C27H29N3/c1-20-27-19-29(18-23-12-13-24-10-6-7-11-25(24)16-23)14-15-30(27)21(2)26(28-20)17-22-8-4-3-5-9-22/h3-13,16,26-28H,1-2,14-15,17-19H2. The summed E-state index contributed by atoms with van der Waals surface area (Å²) in [6, 6.07) is 26.6. The van der Waals surface area contributed by atoms with E-state index in [4.69, 9.17) is 0 Å². The summed E-state index contributed by atoms with van der Waals surface area (Å²) in [6.07, 6.45) is 0.947. The Morgan fingerprint density at radius 2 is 1.60 bits per heavy atom. The molecular formula is C27H29N3. The van der Waals surface area contributed by atoms with E-state index < -0.39 is 0 Å². The van der Waals surface area contributed by atoms with E-state index in [1.54, 1.807) is 0 Å². The van der Waals surface area contributed by atoms with E-state index >= 15 is 0 Å². The van der Waals surface area contributed by atoms with Gasteiger partial charge in [0.15, 0.2) is 0 Å². The zero-order valence-corrected chi connectivity index (χ0v) is 17.4. The fraction of sp³-hybridized carbons (Fsp3) is 0.259. The van der Waals surface area contributed by atoms with Gasteiger partial charge in [0.25, 0.3) is 0 Å². The molecule has 3 aromatic carbocycles. The number of hydrogen-bond donors (Lipinski definition) is 1. The number of hydrogen-bond acceptors (Lipinski definition) is 3. The topological polar surface area (TPSA) is 18.5 Å². The molecule has 3 heteroatoms. The predicted octanol–water partition coefficient (Wildman–Crippen LogP) is 4.57. The molecular weight excluding hydrogens is 366 g/mol. The second kappa shape index (κ2) is 8.00. The van der Waals surface area contributed by atoms with Crippen LogP contribution in [0, 0.1) is 0 Å². The first kappa shape index (κ1) is 19.0. The molecule has 2 unspecified atom stereocenters. The van der Waals surface area contributed by atoms with Crippen LogP contribution in [0.3, 0.4) is 0 Å². The normalized spacial score (nSPS) is 22.1. The third kappa shape index (κ3) is 3.73. The van der Waals surface area contributed by atoms with Crippen molar-refractivity contribution in [2.75, 3.05) is 19.6 Å². The maximum absolute atomic E-state index is 4.46. The van der Waals surface area contributed by atoms with Gasteiger partial charge in [0.1, 0.15) is 0 Å². The second-order valence-corrected chi connectivity index (χ2v) is 8.53. The lowest BCUT2D eigenvalue weighted by molar-refractivity contribution is 0.0899. The number of nitrogens with one attached hydrogen (secondary N) is 1. The van der Waals surface area contributed by atoms with Crippen LogP contribution < -0.4 is 5.32 Å². The van der Waals surface area contributed by atoms with Gasteiger partial charge in [0.2, 0.25) is 0 Å². The largest absolute Gasteiger partial charge is 0.378 e. The molecule has 2 saturated heterocycles. The Kier molecular flexibility index (Phi) is 5.06. The molecule has 2 aliphatic rings. The van der Waals surface area contributed by atoms with Gasteiger partial charge < -0.3 is 10.2 Å². The van der Waals surface area contributed by atoms with Crippen molar-refractivity contribution >= 4 is 10.8 Å². The van der Waals surface area contributed by atoms with Crippen LogP contribution in [-0.2, 0) is 13.0 Å². The molecule has 2 fully saturated rings. The summed E-state index contributed by atoms with van der Waals surface area (Å²) in [5, 5.41) is 6.28. The fourth-order valence-corrected chi connectivity index (χ4v) is 4.84. The quantitative estimate of drug-likeness (QED) is 0.698. The van der Waals surface area contributed by atoms with Gasteiger partial charge in [-0.25, -0.2) is 0 Å². The Morgan fingerprint density at radius 1 is 0.833 bits per heavy atom. The van der Waals surface area contributed by atoms with Gasteiger partial charge in [-0.1, -0.05) is 79.9 Å². The average molecular weight is 396 g/mol. The highest BCUT2D eigenvalue weighted by Gasteiger charge is 2.36. The highest BCUT2D eigenvalue weighted by atomic mass is 15.3. The van der Waals surface area contributed by atoms with Crippen LogP contribution in [0.4, 0.5) is 0 Å². The van der Waals surface area contributed by atoms with Crippen LogP contribution in [0.5, 0.6) is 0 Å². The van der Waals surface area contributed by atoms with Crippen LogP contribution in [0.1, 0.15) is 11.1 Å². The summed E-state index contributed by atoms with van der Waals surface area (Å²) in [5.74, 6) is 0. The van der Waals surface area contributed by atoms with E-state index in [-0.39, 0.29) is 6.04 Å². The fourth-order valence-electron chi connectivity index (χ4n) is 4.84. The van der Waals surface area contributed by atoms with Crippen molar-refractivity contribution in [3.8, 4) is 0 Å². The van der Waals surface area contributed by atoms with Crippen LogP contribution in [-0.4, -0.2) is 41.5 Å². The van der Waals surface area contributed by atoms with Crippen molar-refractivity contribution in [2.24, 2.45) is 0 Å². The maximum atomic E-state index is 4.46. The van der Waals surface area contributed by atoms with Gasteiger partial charge in [0, 0.05) is 37.6 Å². The van der Waals surface area contributed by atoms with E-state index in [0.717, 1.165) is 38.3 Å². The summed E-state index contributed by atoms with van der Waals surface area (Å²) in [5.41, 5.74) is 5.02. The lowest BCUT2D eigenvalue weighted by atomic mass is 9.95. The molecule has 1 N–H and O–H groups in total. The molecule has 3 aromatic rings. The molecule has 152 valence electrons. The van der Waals surface area contributed by atoms with Crippen molar-refractivity contribution in [1.82, 2.24) is 15.1 Å². The van der Waals surface area contributed by atoms with Gasteiger partial charge in [0.05, 0.1) is 12.1 Å². The lowest BCUT2D eigenvalue weighted by Gasteiger charge is -2.50. The summed E-state index contributed by atoms with van der Waals surface area (Å²) < 4.78 is 0. The molecule has 0 spiro atoms. The molecule has 30 heavy (non-hydrogen) atoms. The van der Waals surface area contributed by atoms with Gasteiger partial charge in [-0.15, -0.1) is 0 Å². The Balaban J connectivity index is 1.26. The summed E-state index contributed by atoms with van der Waals surface area (Å²) in [7, 11) is 0. The smallest absolute Gasteiger partial charge is 0.0807 e. The van der Waals surface area contributed by atoms with Gasteiger partial charge in [-0.05, 0) is 34.4 Å². The van der Waals surface area contributed by atoms with Crippen LogP contribution in [0.25, 0.3) is 10.8 Å². The summed E-state index contributed by atoms with van der Waals surface area (Å²) in [6.45, 7) is 12.9. The SMILES string of the molecule is C=C1NC(Cc2ccccc2)C(=C)N2CCN(Cc3ccc4ccccc4c3)CC12. The maximum Gasteiger partial charge on any atom is 0.0807 e. The lowest BCUT2D eigenvalue weighted by Crippen LogP contribution is -2.61. The van der Waals surface area contributed by atoms with E-state index in [1.165, 1.54) is 27.6 Å². The van der Waals surface area contributed by atoms with E-state index in [2.05, 4.69) is 101 Å². The Morgan fingerprint density at radius 3 is 2.43 bits per heavy atom. The van der Waals surface area contributed by atoms with Gasteiger partial charge in [-0.3, -0.25) is 4.90 Å². The average Bonchev–Trinajstić information content (AvgIpc) is 2.78. The van der Waals surface area contributed by atoms with Crippen LogP contribution >= 0.6 is 0 Å². The number of rotatable bonds is 4. The van der Waals surface area contributed by atoms with E-state index in [9.17, 15) is 0 Å². The van der Waals surface area contributed by atoms with E-state index in [0.29, 0.717) is 6.04 Å². The molecule has 0 saturated carbocycles. The molecule has 2 atom stereocenters. The predicted molar refractivity (Wildman–Crippen MR) is 125 cm³/mol. The van der Waals surface area contributed by atoms with Gasteiger partial charge in [-0.2, -0.15) is 0 Å². The summed E-state index contributed by atoms with van der Waals surface area (Å²) >= 11 is 0. The van der Waals surface area contributed by atoms with E-state index in [1.807, 2.05) is 0 Å². The molecule has 0 bridgehead atoms. The zero-order chi connectivity index (χ0) is 20.5. The first-order chi connectivity index (χ1) is 14.7. The minimum Gasteiger partial charge on any atom is -0.378 e. The summed E-state index contributed by atoms with van der Waals surface area (Å²) in [4.78, 5) is 5.02. The monoisotopic (exact) mass is 395 g/mol. The first-order valence-corrected chi connectivity index (χ1v) is 10.8. The molecule has 0 aromatic heterocycles. The number of piperazine rings is 2. The van der Waals surface area contributed by atoms with Crippen molar-refractivity contribution in [3.05, 3.63) is 108 Å². The molecule has 0 radical (unpaired) electrons. The minimum absolute atomic E-state index is 0.225.